The Kier molecular flexibility index (Phi) is 5.03. The van der Waals surface area contributed by atoms with Gasteiger partial charge in [-0.05, 0) is 29.0 Å². The Labute approximate surface area is 102 Å². The highest BCUT2D eigenvalue weighted by Gasteiger charge is 2.12. The summed E-state index contributed by atoms with van der Waals surface area (Å²) in [7, 11) is 0. The second-order valence-electron chi connectivity index (χ2n) is 3.14. The number of anilines is 1. The Morgan fingerprint density at radius 2 is 2.33 bits per heavy atom. The van der Waals surface area contributed by atoms with Crippen LogP contribution in [0.3, 0.4) is 0 Å². The van der Waals surface area contributed by atoms with E-state index in [1.54, 1.807) is 0 Å². The summed E-state index contributed by atoms with van der Waals surface area (Å²) < 4.78 is 0.622. The third-order valence-electron chi connectivity index (χ3n) is 1.97. The molecule has 3 N–H and O–H groups in total. The highest BCUT2D eigenvalue weighted by Crippen LogP contribution is 2.14. The normalized spacial score (nSPS) is 10.3. The molecule has 5 nitrogen and oxygen atoms in total. The Morgan fingerprint density at radius 3 is 2.93 bits per heavy atom. The van der Waals surface area contributed by atoms with Crippen LogP contribution < -0.4 is 16.2 Å². The van der Waals surface area contributed by atoms with E-state index in [0.717, 1.165) is 25.3 Å². The number of hydrogen-bond acceptors (Lipinski definition) is 4. The van der Waals surface area contributed by atoms with Crippen molar-refractivity contribution >= 4 is 28.4 Å². The maximum Gasteiger partial charge on any atom is 0.266 e. The van der Waals surface area contributed by atoms with Gasteiger partial charge < -0.3 is 15.6 Å². The van der Waals surface area contributed by atoms with Crippen molar-refractivity contribution in [2.45, 2.75) is 13.3 Å². The zero-order valence-corrected chi connectivity index (χ0v) is 10.8. The summed E-state index contributed by atoms with van der Waals surface area (Å²) in [6.45, 7) is 4.23. The van der Waals surface area contributed by atoms with Crippen molar-refractivity contribution < 1.29 is 0 Å². The van der Waals surface area contributed by atoms with Crippen LogP contribution >= 0.6 is 22.6 Å². The van der Waals surface area contributed by atoms with Crippen molar-refractivity contribution in [3.8, 4) is 0 Å². The van der Waals surface area contributed by atoms with E-state index in [9.17, 15) is 4.79 Å². The number of nitrogens with two attached hydrogens (primary N) is 1. The molecule has 15 heavy (non-hydrogen) atoms. The number of nitrogens with zero attached hydrogens (tertiary/aromatic N) is 2. The van der Waals surface area contributed by atoms with Crippen LogP contribution in [-0.2, 0) is 0 Å². The SMILES string of the molecule is CCCN(CCN)c1nc[nH]c(=O)c1I. The molecule has 84 valence electrons. The van der Waals surface area contributed by atoms with Crippen LogP contribution in [0, 0.1) is 3.57 Å². The third kappa shape index (κ3) is 3.16. The average molecular weight is 322 g/mol. The second kappa shape index (κ2) is 6.06. The molecule has 1 rings (SSSR count). The molecule has 0 saturated carbocycles. The van der Waals surface area contributed by atoms with Crippen molar-refractivity contribution in [3.05, 3.63) is 20.3 Å². The summed E-state index contributed by atoms with van der Waals surface area (Å²) in [4.78, 5) is 20.2. The molecule has 1 aromatic rings. The number of H-pyrrole nitrogens is 1. The van der Waals surface area contributed by atoms with Crippen LogP contribution in [0.25, 0.3) is 0 Å². The molecule has 0 spiro atoms. The van der Waals surface area contributed by atoms with Gasteiger partial charge in [-0.1, -0.05) is 6.92 Å². The first-order chi connectivity index (χ1) is 7.20. The Hall–Kier alpha value is -0.630. The number of rotatable bonds is 5. The topological polar surface area (TPSA) is 75.0 Å². The fourth-order valence-electron chi connectivity index (χ4n) is 1.34. The maximum absolute atomic E-state index is 11.4. The lowest BCUT2D eigenvalue weighted by Crippen LogP contribution is -2.33. The van der Waals surface area contributed by atoms with Crippen LogP contribution in [0.1, 0.15) is 13.3 Å². The second-order valence-corrected chi connectivity index (χ2v) is 4.22. The first-order valence-corrected chi connectivity index (χ1v) is 5.96. The van der Waals surface area contributed by atoms with E-state index in [-0.39, 0.29) is 5.56 Å². The first kappa shape index (κ1) is 12.4. The highest BCUT2D eigenvalue weighted by atomic mass is 127. The average Bonchev–Trinajstić information content (AvgIpc) is 2.22. The van der Waals surface area contributed by atoms with Crippen molar-refractivity contribution in [1.82, 2.24) is 9.97 Å². The molecular weight excluding hydrogens is 307 g/mol. The molecular formula is C9H15IN4O. The van der Waals surface area contributed by atoms with E-state index < -0.39 is 0 Å². The Bertz CT molecular complexity index is 359. The van der Waals surface area contributed by atoms with Crippen molar-refractivity contribution in [1.29, 1.82) is 0 Å². The molecule has 0 saturated heterocycles. The minimum absolute atomic E-state index is 0.0984. The molecule has 0 radical (unpaired) electrons. The summed E-state index contributed by atoms with van der Waals surface area (Å²) in [5, 5.41) is 0. The van der Waals surface area contributed by atoms with Gasteiger partial charge in [0.2, 0.25) is 0 Å². The molecule has 0 aliphatic rings. The zero-order chi connectivity index (χ0) is 11.3. The van der Waals surface area contributed by atoms with Gasteiger partial charge in [0.15, 0.2) is 0 Å². The van der Waals surface area contributed by atoms with Gasteiger partial charge in [-0.2, -0.15) is 0 Å². The van der Waals surface area contributed by atoms with Gasteiger partial charge in [0, 0.05) is 19.6 Å². The van der Waals surface area contributed by atoms with Gasteiger partial charge >= 0.3 is 0 Å². The lowest BCUT2D eigenvalue weighted by Gasteiger charge is -2.22. The number of halogens is 1. The van der Waals surface area contributed by atoms with E-state index in [1.165, 1.54) is 6.33 Å². The van der Waals surface area contributed by atoms with Crippen molar-refractivity contribution in [3.63, 3.8) is 0 Å². The van der Waals surface area contributed by atoms with Crippen molar-refractivity contribution in [2.75, 3.05) is 24.5 Å². The van der Waals surface area contributed by atoms with Gasteiger partial charge in [0.25, 0.3) is 5.56 Å². The summed E-state index contributed by atoms with van der Waals surface area (Å²) in [5.41, 5.74) is 5.43. The summed E-state index contributed by atoms with van der Waals surface area (Å²) in [6, 6.07) is 0. The van der Waals surface area contributed by atoms with E-state index in [0.29, 0.717) is 10.1 Å². The summed E-state index contributed by atoms with van der Waals surface area (Å²) in [6.07, 6.45) is 2.43. The molecule has 0 unspecified atom stereocenters. The fraction of sp³-hybridized carbons (Fsp3) is 0.556. The minimum Gasteiger partial charge on any atom is -0.354 e. The number of aromatic nitrogens is 2. The lowest BCUT2D eigenvalue weighted by atomic mass is 10.4. The molecule has 0 atom stereocenters. The molecule has 0 aromatic carbocycles. The molecule has 1 aromatic heterocycles. The van der Waals surface area contributed by atoms with E-state index in [4.69, 9.17) is 5.73 Å². The van der Waals surface area contributed by atoms with Crippen LogP contribution in [0.2, 0.25) is 0 Å². The summed E-state index contributed by atoms with van der Waals surface area (Å²) >= 11 is 2.01. The first-order valence-electron chi connectivity index (χ1n) is 4.89. The minimum atomic E-state index is -0.0984. The largest absolute Gasteiger partial charge is 0.354 e. The number of nitrogens with one attached hydrogen (secondary N) is 1. The predicted octanol–water partition coefficient (Wildman–Crippen LogP) is 0.550. The third-order valence-corrected chi connectivity index (χ3v) is 2.94. The fourth-order valence-corrected chi connectivity index (χ4v) is 1.98. The van der Waals surface area contributed by atoms with E-state index in [1.807, 2.05) is 27.5 Å². The maximum atomic E-state index is 11.4. The molecule has 1 heterocycles. The lowest BCUT2D eigenvalue weighted by molar-refractivity contribution is 0.745. The number of hydrogen-bond donors (Lipinski definition) is 2. The monoisotopic (exact) mass is 322 g/mol. The quantitative estimate of drug-likeness (QED) is 0.777. The van der Waals surface area contributed by atoms with Gasteiger partial charge in [0.1, 0.15) is 9.39 Å². The Balaban J connectivity index is 2.99. The van der Waals surface area contributed by atoms with Crippen LogP contribution in [-0.4, -0.2) is 29.6 Å². The van der Waals surface area contributed by atoms with Crippen LogP contribution in [0.5, 0.6) is 0 Å². The van der Waals surface area contributed by atoms with E-state index in [2.05, 4.69) is 16.9 Å². The highest BCUT2D eigenvalue weighted by molar-refractivity contribution is 14.1. The van der Waals surface area contributed by atoms with Crippen LogP contribution in [0.4, 0.5) is 5.82 Å². The molecule has 0 aliphatic carbocycles. The van der Waals surface area contributed by atoms with Gasteiger partial charge in [-0.3, -0.25) is 4.79 Å². The zero-order valence-electron chi connectivity index (χ0n) is 8.66. The van der Waals surface area contributed by atoms with E-state index >= 15 is 0 Å². The van der Waals surface area contributed by atoms with Crippen molar-refractivity contribution in [2.24, 2.45) is 5.73 Å². The summed E-state index contributed by atoms with van der Waals surface area (Å²) in [5.74, 6) is 0.728. The molecule has 6 heteroatoms. The smallest absolute Gasteiger partial charge is 0.266 e. The van der Waals surface area contributed by atoms with Gasteiger partial charge in [-0.15, -0.1) is 0 Å². The molecule has 0 aliphatic heterocycles. The number of aromatic amines is 1. The molecule has 0 bridgehead atoms. The van der Waals surface area contributed by atoms with Gasteiger partial charge in [0.05, 0.1) is 6.33 Å². The Morgan fingerprint density at radius 1 is 1.60 bits per heavy atom. The van der Waals surface area contributed by atoms with Gasteiger partial charge in [-0.25, -0.2) is 4.98 Å². The molecule has 0 amide bonds. The standard InChI is InChI=1S/C9H15IN4O/c1-2-4-14(5-3-11)8-7(10)9(15)13-6-12-8/h6H,2-5,11H2,1H3,(H,12,13,15). The van der Waals surface area contributed by atoms with Crippen LogP contribution in [0.15, 0.2) is 11.1 Å². The predicted molar refractivity (Wildman–Crippen MR) is 69.1 cm³/mol. The molecule has 0 fully saturated rings.